The maximum atomic E-state index is 12.3. The van der Waals surface area contributed by atoms with Crippen LogP contribution in [0.4, 0.5) is 5.69 Å². The van der Waals surface area contributed by atoms with Gasteiger partial charge < -0.3 is 9.64 Å². The summed E-state index contributed by atoms with van der Waals surface area (Å²) in [7, 11) is 0. The lowest BCUT2D eigenvalue weighted by atomic mass is 10.2. The van der Waals surface area contributed by atoms with Crippen LogP contribution in [-0.2, 0) is 9.53 Å². The monoisotopic (exact) mass is 310 g/mol. The van der Waals surface area contributed by atoms with Crippen molar-refractivity contribution in [3.8, 4) is 6.07 Å². The highest BCUT2D eigenvalue weighted by atomic mass is 16.5. The number of aromatic nitrogens is 2. The molecule has 0 N–H and O–H groups in total. The van der Waals surface area contributed by atoms with Crippen molar-refractivity contribution in [2.24, 2.45) is 0 Å². The second-order valence-corrected chi connectivity index (χ2v) is 4.46. The Balaban J connectivity index is 2.01. The van der Waals surface area contributed by atoms with E-state index in [2.05, 4.69) is 9.97 Å². The van der Waals surface area contributed by atoms with Crippen LogP contribution in [0.1, 0.15) is 16.9 Å². The molecular formula is C16H14N4O3. The first-order valence-corrected chi connectivity index (χ1v) is 6.88. The highest BCUT2D eigenvalue weighted by Crippen LogP contribution is 2.14. The van der Waals surface area contributed by atoms with E-state index in [0.29, 0.717) is 5.69 Å². The summed E-state index contributed by atoms with van der Waals surface area (Å²) in [4.78, 5) is 33.0. The van der Waals surface area contributed by atoms with Crippen LogP contribution in [0.5, 0.6) is 0 Å². The molecule has 1 amide bonds. The van der Waals surface area contributed by atoms with Gasteiger partial charge in [0.1, 0.15) is 0 Å². The van der Waals surface area contributed by atoms with Gasteiger partial charge in [0.2, 0.25) is 0 Å². The molecule has 0 aliphatic rings. The molecule has 1 aromatic heterocycles. The molecule has 0 atom stereocenters. The van der Waals surface area contributed by atoms with Gasteiger partial charge in [0.25, 0.3) is 5.91 Å². The summed E-state index contributed by atoms with van der Waals surface area (Å²) in [6.45, 7) is -0.211. The van der Waals surface area contributed by atoms with Crippen LogP contribution in [0.2, 0.25) is 0 Å². The van der Waals surface area contributed by atoms with E-state index in [0.717, 1.165) is 0 Å². The molecule has 0 aliphatic carbocycles. The van der Waals surface area contributed by atoms with E-state index in [-0.39, 0.29) is 18.7 Å². The molecule has 0 bridgehead atoms. The zero-order valence-electron chi connectivity index (χ0n) is 12.3. The number of carbonyl (C=O) groups excluding carboxylic acids is 2. The Morgan fingerprint density at radius 3 is 2.65 bits per heavy atom. The molecule has 1 heterocycles. The first-order valence-electron chi connectivity index (χ1n) is 6.88. The topological polar surface area (TPSA) is 96.2 Å². The second kappa shape index (κ2) is 8.24. The van der Waals surface area contributed by atoms with E-state index >= 15 is 0 Å². The predicted octanol–water partition coefficient (Wildman–Crippen LogP) is 1.58. The summed E-state index contributed by atoms with van der Waals surface area (Å²) >= 11 is 0. The zero-order valence-corrected chi connectivity index (χ0v) is 12.3. The summed E-state index contributed by atoms with van der Waals surface area (Å²) in [6.07, 6.45) is 4.23. The Labute approximate surface area is 133 Å². The average molecular weight is 310 g/mol. The number of carbonyl (C=O) groups is 2. The van der Waals surface area contributed by atoms with Gasteiger partial charge in [0.05, 0.1) is 18.7 Å². The van der Waals surface area contributed by atoms with Crippen molar-refractivity contribution in [2.45, 2.75) is 6.42 Å². The summed E-state index contributed by atoms with van der Waals surface area (Å²) in [5, 5.41) is 8.72. The van der Waals surface area contributed by atoms with Crippen LogP contribution in [0, 0.1) is 11.3 Å². The molecule has 0 aliphatic heterocycles. The normalized spacial score (nSPS) is 9.70. The van der Waals surface area contributed by atoms with Gasteiger partial charge in [-0.15, -0.1) is 0 Å². The highest BCUT2D eigenvalue weighted by Gasteiger charge is 2.18. The van der Waals surface area contributed by atoms with Crippen LogP contribution in [0.3, 0.4) is 0 Å². The maximum absolute atomic E-state index is 12.3. The molecule has 2 aromatic rings. The lowest BCUT2D eigenvalue weighted by Gasteiger charge is -2.21. The van der Waals surface area contributed by atoms with E-state index in [1.54, 1.807) is 24.3 Å². The van der Waals surface area contributed by atoms with E-state index in [1.807, 2.05) is 12.1 Å². The van der Waals surface area contributed by atoms with Gasteiger partial charge in [-0.1, -0.05) is 18.2 Å². The molecule has 2 rings (SSSR count). The van der Waals surface area contributed by atoms with Gasteiger partial charge in [-0.2, -0.15) is 5.26 Å². The quantitative estimate of drug-likeness (QED) is 0.752. The molecular weight excluding hydrogens is 296 g/mol. The molecule has 0 saturated carbocycles. The lowest BCUT2D eigenvalue weighted by molar-refractivity contribution is -0.121. The minimum Gasteiger partial charge on any atom is -0.451 e. The van der Waals surface area contributed by atoms with Gasteiger partial charge in [-0.05, 0) is 12.1 Å². The fraction of sp³-hybridized carbons (Fsp3) is 0.188. The van der Waals surface area contributed by atoms with Crippen molar-refractivity contribution in [1.29, 1.82) is 5.26 Å². The average Bonchev–Trinajstić information content (AvgIpc) is 2.61. The third kappa shape index (κ3) is 4.61. The number of esters is 1. The molecule has 0 radical (unpaired) electrons. The second-order valence-electron chi connectivity index (χ2n) is 4.46. The standard InChI is InChI=1S/C16H14N4O3/c17-7-4-10-20(13-5-2-1-3-6-13)15(21)12-23-16(22)14-11-18-8-9-19-14/h1-3,5-6,8-9,11H,4,10,12H2. The zero-order chi connectivity index (χ0) is 16.5. The highest BCUT2D eigenvalue weighted by molar-refractivity contribution is 5.96. The number of anilines is 1. The number of nitrogens with zero attached hydrogens (tertiary/aromatic N) is 4. The molecule has 7 nitrogen and oxygen atoms in total. The fourth-order valence-electron chi connectivity index (χ4n) is 1.85. The smallest absolute Gasteiger partial charge is 0.359 e. The summed E-state index contributed by atoms with van der Waals surface area (Å²) in [6, 6.07) is 10.9. The number of rotatable bonds is 6. The van der Waals surface area contributed by atoms with Crippen molar-refractivity contribution in [2.75, 3.05) is 18.1 Å². The Bertz CT molecular complexity index is 698. The number of ether oxygens (including phenoxy) is 1. The molecule has 0 unspecified atom stereocenters. The lowest BCUT2D eigenvalue weighted by Crippen LogP contribution is -2.35. The van der Waals surface area contributed by atoms with Crippen molar-refractivity contribution in [1.82, 2.24) is 9.97 Å². The van der Waals surface area contributed by atoms with Crippen molar-refractivity contribution in [3.05, 3.63) is 54.6 Å². The first kappa shape index (κ1) is 16.1. The predicted molar refractivity (Wildman–Crippen MR) is 81.3 cm³/mol. The van der Waals surface area contributed by atoms with Crippen LogP contribution in [-0.4, -0.2) is 35.0 Å². The molecule has 1 aromatic carbocycles. The van der Waals surface area contributed by atoms with Crippen LogP contribution < -0.4 is 4.90 Å². The number of nitriles is 1. The number of hydrogen-bond acceptors (Lipinski definition) is 6. The number of amides is 1. The molecule has 0 fully saturated rings. The van der Waals surface area contributed by atoms with Crippen molar-refractivity contribution >= 4 is 17.6 Å². The third-order valence-electron chi connectivity index (χ3n) is 2.92. The van der Waals surface area contributed by atoms with E-state index in [4.69, 9.17) is 10.00 Å². The Kier molecular flexibility index (Phi) is 5.77. The van der Waals surface area contributed by atoms with Gasteiger partial charge >= 0.3 is 5.97 Å². The van der Waals surface area contributed by atoms with E-state index in [9.17, 15) is 9.59 Å². The maximum Gasteiger partial charge on any atom is 0.359 e. The van der Waals surface area contributed by atoms with Crippen LogP contribution in [0.25, 0.3) is 0 Å². The first-order chi connectivity index (χ1) is 11.2. The van der Waals surface area contributed by atoms with Gasteiger partial charge in [-0.3, -0.25) is 9.78 Å². The fourth-order valence-corrected chi connectivity index (χ4v) is 1.85. The molecule has 0 spiro atoms. The number of para-hydroxylation sites is 1. The van der Waals surface area contributed by atoms with Gasteiger partial charge in [-0.25, -0.2) is 9.78 Å². The Hall–Kier alpha value is -3.27. The SMILES string of the molecule is N#CCCN(C(=O)COC(=O)c1cnccn1)c1ccccc1. The largest absolute Gasteiger partial charge is 0.451 e. The van der Waals surface area contributed by atoms with Crippen molar-refractivity contribution in [3.63, 3.8) is 0 Å². The summed E-state index contributed by atoms with van der Waals surface area (Å²) < 4.78 is 4.96. The molecule has 116 valence electrons. The van der Waals surface area contributed by atoms with E-state index < -0.39 is 18.5 Å². The van der Waals surface area contributed by atoms with Gasteiger partial charge in [0.15, 0.2) is 12.3 Å². The minimum absolute atomic E-state index is 0.0311. The summed E-state index contributed by atoms with van der Waals surface area (Å²) in [5.74, 6) is -1.14. The van der Waals surface area contributed by atoms with Crippen LogP contribution in [0.15, 0.2) is 48.9 Å². The number of benzene rings is 1. The van der Waals surface area contributed by atoms with E-state index in [1.165, 1.54) is 23.5 Å². The number of hydrogen-bond donors (Lipinski definition) is 0. The molecule has 7 heteroatoms. The Morgan fingerprint density at radius 2 is 2.00 bits per heavy atom. The third-order valence-corrected chi connectivity index (χ3v) is 2.92. The molecule has 0 saturated heterocycles. The van der Waals surface area contributed by atoms with Crippen LogP contribution >= 0.6 is 0 Å². The Morgan fingerprint density at radius 1 is 1.22 bits per heavy atom. The molecule has 23 heavy (non-hydrogen) atoms. The van der Waals surface area contributed by atoms with Gasteiger partial charge in [0, 0.05) is 24.6 Å². The summed E-state index contributed by atoms with van der Waals surface area (Å²) in [5.41, 5.74) is 0.673. The van der Waals surface area contributed by atoms with Crippen molar-refractivity contribution < 1.29 is 14.3 Å². The minimum atomic E-state index is -0.722.